The molecule has 2 atom stereocenters. The lowest BCUT2D eigenvalue weighted by Gasteiger charge is -2.20. The second-order valence-corrected chi connectivity index (χ2v) is 12.0. The van der Waals surface area contributed by atoms with Gasteiger partial charge in [-0.25, -0.2) is 18.0 Å². The van der Waals surface area contributed by atoms with E-state index in [0.29, 0.717) is 30.9 Å². The lowest BCUT2D eigenvalue weighted by atomic mass is 10.1. The van der Waals surface area contributed by atoms with E-state index in [4.69, 9.17) is 9.47 Å². The van der Waals surface area contributed by atoms with Crippen LogP contribution in [-0.4, -0.2) is 70.1 Å². The van der Waals surface area contributed by atoms with Gasteiger partial charge in [-0.15, -0.1) is 0 Å². The van der Waals surface area contributed by atoms with Crippen molar-refractivity contribution in [3.8, 4) is 5.75 Å². The fourth-order valence-corrected chi connectivity index (χ4v) is 6.07. The molecule has 2 saturated heterocycles. The third-order valence-electron chi connectivity index (χ3n) is 7.20. The molecule has 0 bridgehead atoms. The zero-order valence-electron chi connectivity index (χ0n) is 22.6. The summed E-state index contributed by atoms with van der Waals surface area (Å²) in [6, 6.07) is 11.7. The number of rotatable bonds is 11. The summed E-state index contributed by atoms with van der Waals surface area (Å²) in [5, 5.41) is 2.99. The van der Waals surface area contributed by atoms with Gasteiger partial charge in [0, 0.05) is 6.54 Å². The number of benzene rings is 2. The van der Waals surface area contributed by atoms with Crippen LogP contribution in [0.15, 0.2) is 53.4 Å². The highest BCUT2D eigenvalue weighted by molar-refractivity contribution is 7.89. The van der Waals surface area contributed by atoms with Gasteiger partial charge in [-0.1, -0.05) is 42.7 Å². The predicted octanol–water partition coefficient (Wildman–Crippen LogP) is 2.96. The van der Waals surface area contributed by atoms with Crippen molar-refractivity contribution in [2.24, 2.45) is 0 Å². The van der Waals surface area contributed by atoms with E-state index in [-0.39, 0.29) is 11.3 Å². The van der Waals surface area contributed by atoms with Crippen molar-refractivity contribution in [3.63, 3.8) is 0 Å². The maximum absolute atomic E-state index is 13.1. The van der Waals surface area contributed by atoms with Crippen LogP contribution < -0.4 is 14.8 Å². The van der Waals surface area contributed by atoms with Crippen molar-refractivity contribution in [1.29, 1.82) is 0 Å². The number of carbonyl (C=O) groups excluding carboxylic acids is 2. The van der Waals surface area contributed by atoms with Gasteiger partial charge < -0.3 is 14.8 Å². The van der Waals surface area contributed by atoms with Crippen molar-refractivity contribution in [1.82, 2.24) is 14.9 Å². The molecule has 39 heavy (non-hydrogen) atoms. The summed E-state index contributed by atoms with van der Waals surface area (Å²) in [5.74, 6) is -0.914. The van der Waals surface area contributed by atoms with Crippen LogP contribution in [0.1, 0.15) is 49.7 Å². The molecule has 2 aromatic rings. The molecule has 2 aliphatic rings. The first kappa shape index (κ1) is 29.2. The van der Waals surface area contributed by atoms with Crippen LogP contribution >= 0.6 is 0 Å². The molecule has 2 heterocycles. The third kappa shape index (κ3) is 8.86. The Morgan fingerprint density at radius 3 is 2.33 bits per heavy atom. The summed E-state index contributed by atoms with van der Waals surface area (Å²) in [5.41, 5.74) is 1.61. The quantitative estimate of drug-likeness (QED) is 0.320. The summed E-state index contributed by atoms with van der Waals surface area (Å²) >= 11 is 0. The van der Waals surface area contributed by atoms with Gasteiger partial charge in [-0.05, 0) is 88.5 Å². The second-order valence-electron chi connectivity index (χ2n) is 10.3. The van der Waals surface area contributed by atoms with E-state index in [2.05, 4.69) is 14.9 Å². The van der Waals surface area contributed by atoms with Crippen molar-refractivity contribution < 1.29 is 27.5 Å². The number of likely N-dealkylation sites (tertiary alicyclic amines) is 1. The van der Waals surface area contributed by atoms with E-state index >= 15 is 0 Å². The smallest absolute Gasteiger partial charge is 0.332 e. The minimum Gasteiger partial charge on any atom is -0.492 e. The molecule has 0 unspecified atom stereocenters. The Balaban J connectivity index is 1.40. The van der Waals surface area contributed by atoms with Crippen molar-refractivity contribution in [2.75, 3.05) is 32.8 Å². The van der Waals surface area contributed by atoms with Gasteiger partial charge in [0.05, 0.1) is 4.90 Å². The molecule has 10 heteroatoms. The zero-order valence-corrected chi connectivity index (χ0v) is 23.4. The molecule has 212 valence electrons. The minimum atomic E-state index is -4.04. The number of ether oxygens (including phenoxy) is 2. The van der Waals surface area contributed by atoms with Crippen molar-refractivity contribution >= 4 is 22.0 Å². The molecule has 9 nitrogen and oxygen atoms in total. The van der Waals surface area contributed by atoms with Crippen molar-refractivity contribution in [3.05, 3.63) is 59.7 Å². The number of carbonyl (C=O) groups is 2. The van der Waals surface area contributed by atoms with Crippen LogP contribution in [0, 0.1) is 6.92 Å². The molecule has 0 amide bonds. The molecule has 0 radical (unpaired) electrons. The molecular formula is C29H39N3O6S. The van der Waals surface area contributed by atoms with E-state index in [1.807, 2.05) is 19.1 Å². The zero-order chi connectivity index (χ0) is 27.7. The Labute approximate surface area is 231 Å². The summed E-state index contributed by atoms with van der Waals surface area (Å²) < 4.78 is 39.6. The number of hydrogen-bond donors (Lipinski definition) is 2. The summed E-state index contributed by atoms with van der Waals surface area (Å²) in [6.45, 7) is 6.20. The fraction of sp³-hybridized carbons (Fsp3) is 0.517. The Hall–Kier alpha value is -2.79. The summed E-state index contributed by atoms with van der Waals surface area (Å²) in [7, 11) is -4.04. The number of esters is 2. The topological polar surface area (TPSA) is 114 Å². The average Bonchev–Trinajstić information content (AvgIpc) is 3.34. The average molecular weight is 558 g/mol. The van der Waals surface area contributed by atoms with Gasteiger partial charge in [0.15, 0.2) is 0 Å². The SMILES string of the molecule is Cc1ccc(S(=O)(=O)N[C@@H](Cc2ccc(OCCN3CCCCCC3)cc2)C(=O)OC(=O)[C@@H]2CCCN2)cc1. The number of hydrogen-bond acceptors (Lipinski definition) is 8. The third-order valence-corrected chi connectivity index (χ3v) is 8.68. The van der Waals surface area contributed by atoms with Crippen molar-refractivity contribution in [2.45, 2.75) is 68.8 Å². The molecule has 2 N–H and O–H groups in total. The minimum absolute atomic E-state index is 0.0172. The van der Waals surface area contributed by atoms with Crippen LogP contribution in [0.25, 0.3) is 0 Å². The van der Waals surface area contributed by atoms with Crippen LogP contribution in [-0.2, 0) is 30.8 Å². The summed E-state index contributed by atoms with van der Waals surface area (Å²) in [4.78, 5) is 28.0. The molecule has 2 aromatic carbocycles. The van der Waals surface area contributed by atoms with E-state index in [0.717, 1.165) is 31.6 Å². The highest BCUT2D eigenvalue weighted by atomic mass is 32.2. The fourth-order valence-electron chi connectivity index (χ4n) is 4.88. The first-order valence-corrected chi connectivity index (χ1v) is 15.3. The first-order chi connectivity index (χ1) is 18.8. The molecule has 0 aliphatic carbocycles. The van der Waals surface area contributed by atoms with Gasteiger partial charge in [0.25, 0.3) is 0 Å². The maximum Gasteiger partial charge on any atom is 0.332 e. The van der Waals surface area contributed by atoms with E-state index in [1.54, 1.807) is 24.3 Å². The highest BCUT2D eigenvalue weighted by Crippen LogP contribution is 2.17. The maximum atomic E-state index is 13.1. The molecule has 0 saturated carbocycles. The number of aryl methyl sites for hydroxylation is 1. The molecule has 0 spiro atoms. The van der Waals surface area contributed by atoms with E-state index in [9.17, 15) is 18.0 Å². The lowest BCUT2D eigenvalue weighted by Crippen LogP contribution is -2.45. The molecule has 4 rings (SSSR count). The van der Waals surface area contributed by atoms with Gasteiger partial charge in [-0.3, -0.25) is 4.90 Å². The van der Waals surface area contributed by atoms with Gasteiger partial charge in [-0.2, -0.15) is 4.72 Å². The molecule has 2 fully saturated rings. The lowest BCUT2D eigenvalue weighted by molar-refractivity contribution is -0.162. The Morgan fingerprint density at radius 2 is 1.69 bits per heavy atom. The monoisotopic (exact) mass is 557 g/mol. The highest BCUT2D eigenvalue weighted by Gasteiger charge is 2.32. The normalized spacial score (nSPS) is 19.3. The molecule has 0 aromatic heterocycles. The van der Waals surface area contributed by atoms with Crippen LogP contribution in [0.3, 0.4) is 0 Å². The Bertz CT molecular complexity index is 1190. The molecule has 2 aliphatic heterocycles. The van der Waals surface area contributed by atoms with Crippen LogP contribution in [0.2, 0.25) is 0 Å². The Kier molecular flexibility index (Phi) is 10.5. The predicted molar refractivity (Wildman–Crippen MR) is 148 cm³/mol. The van der Waals surface area contributed by atoms with E-state index < -0.39 is 34.0 Å². The number of sulfonamides is 1. The first-order valence-electron chi connectivity index (χ1n) is 13.8. The standard InChI is InChI=1S/C29H39N3O6S/c1-22-8-14-25(15-9-22)39(35,36)31-27(29(34)38-28(33)26-7-6-16-30-26)21-23-10-12-24(13-11-23)37-20-19-32-17-4-2-3-5-18-32/h8-15,26-27,30-31H,2-7,16-21H2,1H3/t26-,27-/m0/s1. The number of nitrogens with one attached hydrogen (secondary N) is 2. The van der Waals surface area contributed by atoms with Gasteiger partial charge >= 0.3 is 11.9 Å². The van der Waals surface area contributed by atoms with Gasteiger partial charge in [0.2, 0.25) is 10.0 Å². The van der Waals surface area contributed by atoms with Gasteiger partial charge in [0.1, 0.15) is 24.4 Å². The number of nitrogens with zero attached hydrogens (tertiary/aromatic N) is 1. The second kappa shape index (κ2) is 14.0. The van der Waals surface area contributed by atoms with Crippen LogP contribution in [0.4, 0.5) is 0 Å². The van der Waals surface area contributed by atoms with E-state index in [1.165, 1.54) is 37.8 Å². The van der Waals surface area contributed by atoms with Crippen LogP contribution in [0.5, 0.6) is 5.75 Å². The largest absolute Gasteiger partial charge is 0.492 e. The Morgan fingerprint density at radius 1 is 1.00 bits per heavy atom. The summed E-state index contributed by atoms with van der Waals surface area (Å²) in [6.07, 6.45) is 6.45. The molecular weight excluding hydrogens is 518 g/mol.